The fourth-order valence-corrected chi connectivity index (χ4v) is 5.17. The molecular formula is C27H33N7O. The number of tetrazole rings is 1. The molecule has 5 rings (SSSR count). The summed E-state index contributed by atoms with van der Waals surface area (Å²) in [5, 5.41) is 14.3. The van der Waals surface area contributed by atoms with E-state index in [0.717, 1.165) is 53.8 Å². The summed E-state index contributed by atoms with van der Waals surface area (Å²) in [5.74, 6) is 1.19. The molecular weight excluding hydrogens is 438 g/mol. The third kappa shape index (κ3) is 4.83. The van der Waals surface area contributed by atoms with Crippen LogP contribution in [0.15, 0.2) is 53.6 Å². The minimum Gasteiger partial charge on any atom is -0.296 e. The number of H-pyrrole nitrogens is 1. The molecule has 3 aromatic heterocycles. The summed E-state index contributed by atoms with van der Waals surface area (Å²) in [5.41, 5.74) is 5.09. The Morgan fingerprint density at radius 2 is 1.91 bits per heavy atom. The average Bonchev–Trinajstić information content (AvgIpc) is 3.51. The van der Waals surface area contributed by atoms with Gasteiger partial charge in [0.05, 0.1) is 12.2 Å². The number of nitrogens with zero attached hydrogens (tertiary/aromatic N) is 6. The quantitative estimate of drug-likeness (QED) is 0.350. The molecule has 0 radical (unpaired) electrons. The highest BCUT2D eigenvalue weighted by molar-refractivity contribution is 5.70. The van der Waals surface area contributed by atoms with Gasteiger partial charge >= 0.3 is 5.69 Å². The first kappa shape index (κ1) is 23.2. The molecule has 1 N–H and O–H groups in total. The first-order valence-electron chi connectivity index (χ1n) is 12.8. The van der Waals surface area contributed by atoms with E-state index in [1.807, 2.05) is 39.6 Å². The first-order valence-corrected chi connectivity index (χ1v) is 12.8. The Morgan fingerprint density at radius 1 is 1.06 bits per heavy atom. The Kier molecular flexibility index (Phi) is 6.88. The molecule has 1 aliphatic carbocycles. The highest BCUT2D eigenvalue weighted by Gasteiger charge is 2.33. The maximum Gasteiger partial charge on any atom is 0.328 e. The number of pyridine rings is 1. The van der Waals surface area contributed by atoms with E-state index in [-0.39, 0.29) is 5.69 Å². The fraction of sp³-hybridized carbons (Fsp3) is 0.444. The largest absolute Gasteiger partial charge is 0.328 e. The van der Waals surface area contributed by atoms with Crippen molar-refractivity contribution in [2.45, 2.75) is 71.4 Å². The van der Waals surface area contributed by atoms with Crippen molar-refractivity contribution in [2.24, 2.45) is 5.92 Å². The monoisotopic (exact) mass is 471 g/mol. The molecule has 182 valence electrons. The summed E-state index contributed by atoms with van der Waals surface area (Å²) in [7, 11) is 0. The smallest absolute Gasteiger partial charge is 0.296 e. The van der Waals surface area contributed by atoms with Gasteiger partial charge in [-0.2, -0.15) is 5.21 Å². The topological polar surface area (TPSA) is 94.3 Å². The van der Waals surface area contributed by atoms with E-state index in [4.69, 9.17) is 0 Å². The third-order valence-corrected chi connectivity index (χ3v) is 7.20. The maximum absolute atomic E-state index is 13.5. The molecule has 8 heteroatoms. The molecule has 1 aromatic carbocycles. The summed E-state index contributed by atoms with van der Waals surface area (Å²) in [6.45, 7) is 4.90. The second-order valence-electron chi connectivity index (χ2n) is 9.55. The summed E-state index contributed by atoms with van der Waals surface area (Å²) >= 11 is 0. The number of benzene rings is 1. The molecule has 8 nitrogen and oxygen atoms in total. The van der Waals surface area contributed by atoms with Gasteiger partial charge in [0.25, 0.3) is 0 Å². The molecule has 0 amide bonds. The molecule has 35 heavy (non-hydrogen) atoms. The zero-order chi connectivity index (χ0) is 24.2. The standard InChI is InChI=1S/C27H33N7O/c1-3-5-10-24-18-34(25-12-11-19(25)7-4-2)27(35)33(24)17-23-16-21(13-14-28-23)20-8-6-9-22(15-20)26-29-31-32-30-26/h6,8-9,13-16,18-19,25H,3-5,7,10-12,17H2,1-2H3,(H,29,30,31,32). The van der Waals surface area contributed by atoms with Crippen LogP contribution in [0.4, 0.5) is 0 Å². The summed E-state index contributed by atoms with van der Waals surface area (Å²) in [6, 6.07) is 12.5. The first-order chi connectivity index (χ1) is 17.2. The van der Waals surface area contributed by atoms with Crippen molar-refractivity contribution in [3.8, 4) is 22.5 Å². The molecule has 1 aliphatic rings. The highest BCUT2D eigenvalue weighted by atomic mass is 16.1. The molecule has 0 spiro atoms. The molecule has 1 fully saturated rings. The Morgan fingerprint density at radius 3 is 2.66 bits per heavy atom. The van der Waals surface area contributed by atoms with Crippen LogP contribution in [0.25, 0.3) is 22.5 Å². The van der Waals surface area contributed by atoms with E-state index >= 15 is 0 Å². The minimum atomic E-state index is 0.105. The van der Waals surface area contributed by atoms with E-state index in [9.17, 15) is 4.79 Å². The van der Waals surface area contributed by atoms with Gasteiger partial charge in [0.1, 0.15) is 0 Å². The molecule has 2 atom stereocenters. The minimum absolute atomic E-state index is 0.105. The van der Waals surface area contributed by atoms with E-state index in [1.54, 1.807) is 0 Å². The number of hydrogen-bond donors (Lipinski definition) is 1. The van der Waals surface area contributed by atoms with Crippen molar-refractivity contribution >= 4 is 0 Å². The van der Waals surface area contributed by atoms with Gasteiger partial charge in [-0.3, -0.25) is 14.1 Å². The number of hydrogen-bond acceptors (Lipinski definition) is 5. The second kappa shape index (κ2) is 10.4. The van der Waals surface area contributed by atoms with Crippen molar-refractivity contribution in [1.82, 2.24) is 34.7 Å². The molecule has 0 saturated heterocycles. The second-order valence-corrected chi connectivity index (χ2v) is 9.55. The number of nitrogens with one attached hydrogen (secondary N) is 1. The number of imidazole rings is 1. The summed E-state index contributed by atoms with van der Waals surface area (Å²) in [4.78, 5) is 18.2. The van der Waals surface area contributed by atoms with Crippen LogP contribution in [0, 0.1) is 5.92 Å². The van der Waals surface area contributed by atoms with Crippen LogP contribution >= 0.6 is 0 Å². The van der Waals surface area contributed by atoms with Crippen LogP contribution in [0.2, 0.25) is 0 Å². The van der Waals surface area contributed by atoms with E-state index in [1.165, 1.54) is 19.3 Å². The van der Waals surface area contributed by atoms with Crippen LogP contribution in [0.3, 0.4) is 0 Å². The summed E-state index contributed by atoms with van der Waals surface area (Å²) in [6.07, 6.45) is 11.7. The molecule has 3 heterocycles. The van der Waals surface area contributed by atoms with Crippen molar-refractivity contribution in [1.29, 1.82) is 0 Å². The molecule has 2 unspecified atom stereocenters. The molecule has 4 aromatic rings. The van der Waals surface area contributed by atoms with Gasteiger partial charge in [-0.05, 0) is 72.6 Å². The van der Waals surface area contributed by atoms with Crippen LogP contribution in [-0.4, -0.2) is 34.7 Å². The maximum atomic E-state index is 13.5. The van der Waals surface area contributed by atoms with Crippen LogP contribution in [0.1, 0.15) is 69.8 Å². The molecule has 0 aliphatic heterocycles. The number of aryl methyl sites for hydroxylation is 1. The number of rotatable bonds is 10. The lowest BCUT2D eigenvalue weighted by atomic mass is 9.77. The molecule has 1 saturated carbocycles. The Labute approximate surface area is 205 Å². The normalized spacial score (nSPS) is 17.4. The van der Waals surface area contributed by atoms with E-state index in [0.29, 0.717) is 24.3 Å². The Hall–Kier alpha value is -3.55. The average molecular weight is 472 g/mol. The number of aromatic nitrogens is 7. The van der Waals surface area contributed by atoms with Gasteiger partial charge in [-0.15, -0.1) is 10.2 Å². The highest BCUT2D eigenvalue weighted by Crippen LogP contribution is 2.40. The van der Waals surface area contributed by atoms with Crippen LogP contribution in [-0.2, 0) is 13.0 Å². The number of aromatic amines is 1. The van der Waals surface area contributed by atoms with E-state index < -0.39 is 0 Å². The van der Waals surface area contributed by atoms with Crippen molar-refractivity contribution < 1.29 is 0 Å². The zero-order valence-corrected chi connectivity index (χ0v) is 20.5. The van der Waals surface area contributed by atoms with Crippen molar-refractivity contribution in [3.05, 3.63) is 70.7 Å². The van der Waals surface area contributed by atoms with Gasteiger partial charge in [-0.25, -0.2) is 4.79 Å². The van der Waals surface area contributed by atoms with Crippen molar-refractivity contribution in [2.75, 3.05) is 0 Å². The lowest BCUT2D eigenvalue weighted by Crippen LogP contribution is -2.36. The van der Waals surface area contributed by atoms with E-state index in [2.05, 4.69) is 57.8 Å². The summed E-state index contributed by atoms with van der Waals surface area (Å²) < 4.78 is 3.96. The lowest BCUT2D eigenvalue weighted by molar-refractivity contribution is 0.164. The van der Waals surface area contributed by atoms with Gasteiger partial charge in [0.2, 0.25) is 5.82 Å². The Bertz CT molecular complexity index is 1320. The molecule has 0 bridgehead atoms. The van der Waals surface area contributed by atoms with Crippen LogP contribution < -0.4 is 5.69 Å². The third-order valence-electron chi connectivity index (χ3n) is 7.20. The van der Waals surface area contributed by atoms with Gasteiger partial charge in [-0.1, -0.05) is 44.9 Å². The SMILES string of the molecule is CCCCc1cn(C2CCC2CCC)c(=O)n1Cc1cc(-c2cccc(-c3nn[nH]n3)c2)ccn1. The predicted octanol–water partition coefficient (Wildman–Crippen LogP) is 5.03. The van der Waals surface area contributed by atoms with Crippen molar-refractivity contribution in [3.63, 3.8) is 0 Å². The van der Waals surface area contributed by atoms with Gasteiger partial charge in [0, 0.05) is 29.7 Å². The number of unbranched alkanes of at least 4 members (excludes halogenated alkanes) is 1. The fourth-order valence-electron chi connectivity index (χ4n) is 5.17. The van der Waals surface area contributed by atoms with Gasteiger partial charge in [0.15, 0.2) is 0 Å². The predicted molar refractivity (Wildman–Crippen MR) is 136 cm³/mol. The zero-order valence-electron chi connectivity index (χ0n) is 20.5. The van der Waals surface area contributed by atoms with Crippen LogP contribution in [0.5, 0.6) is 0 Å². The lowest BCUT2D eigenvalue weighted by Gasteiger charge is -2.37. The Balaban J connectivity index is 1.44. The van der Waals surface area contributed by atoms with Gasteiger partial charge < -0.3 is 0 Å².